The molecule has 0 radical (unpaired) electrons. The van der Waals surface area contributed by atoms with Crippen LogP contribution in [0.3, 0.4) is 0 Å². The highest BCUT2D eigenvalue weighted by Crippen LogP contribution is 2.15. The van der Waals surface area contributed by atoms with Gasteiger partial charge in [0.1, 0.15) is 17.7 Å². The lowest BCUT2D eigenvalue weighted by atomic mass is 10.1. The van der Waals surface area contributed by atoms with E-state index >= 15 is 0 Å². The van der Waals surface area contributed by atoms with Gasteiger partial charge in [-0.25, -0.2) is 14.8 Å². The third-order valence-corrected chi connectivity index (χ3v) is 3.81. The van der Waals surface area contributed by atoms with Crippen molar-refractivity contribution in [2.24, 2.45) is 0 Å². The van der Waals surface area contributed by atoms with Gasteiger partial charge in [0, 0.05) is 18.8 Å². The first-order valence-corrected chi connectivity index (χ1v) is 7.19. The summed E-state index contributed by atoms with van der Waals surface area (Å²) in [6, 6.07) is 0.512. The Morgan fingerprint density at radius 1 is 1.45 bits per heavy atom. The van der Waals surface area contributed by atoms with Crippen molar-refractivity contribution in [2.45, 2.75) is 38.6 Å². The van der Waals surface area contributed by atoms with Crippen molar-refractivity contribution >= 4 is 11.8 Å². The number of carboxylic acids is 1. The summed E-state index contributed by atoms with van der Waals surface area (Å²) in [5, 5.41) is 12.2. The number of hydrogen-bond acceptors (Lipinski definition) is 5. The smallest absolute Gasteiger partial charge is 0.341 e. The van der Waals surface area contributed by atoms with E-state index in [1.54, 1.807) is 0 Å². The topological polar surface area (TPSA) is 78.3 Å². The van der Waals surface area contributed by atoms with Crippen LogP contribution in [0.2, 0.25) is 0 Å². The molecule has 6 nitrogen and oxygen atoms in total. The molecule has 1 aromatic rings. The number of carboxylic acid groups (broad SMARTS) is 1. The summed E-state index contributed by atoms with van der Waals surface area (Å²) in [5.41, 5.74) is 0.123. The summed E-state index contributed by atoms with van der Waals surface area (Å²) in [4.78, 5) is 21.3. The van der Waals surface area contributed by atoms with Crippen LogP contribution in [0, 0.1) is 0 Å². The number of carbonyl (C=O) groups is 1. The molecule has 2 rings (SSSR count). The van der Waals surface area contributed by atoms with Gasteiger partial charge in [-0.3, -0.25) is 0 Å². The standard InChI is InChI=1S/C14H22N4O2/c1-11(18-7-3-2-4-8-18)5-6-16-13-12(14(19)20)9-15-10-17-13/h9-11H,2-8H2,1H3,(H,19,20)(H,15,16,17). The minimum atomic E-state index is -1.00. The van der Waals surface area contributed by atoms with Crippen molar-refractivity contribution in [3.63, 3.8) is 0 Å². The van der Waals surface area contributed by atoms with Crippen LogP contribution in [0.1, 0.15) is 43.0 Å². The molecule has 1 fully saturated rings. The molecule has 20 heavy (non-hydrogen) atoms. The van der Waals surface area contributed by atoms with Gasteiger partial charge in [0.25, 0.3) is 0 Å². The number of nitrogens with one attached hydrogen (secondary N) is 1. The zero-order chi connectivity index (χ0) is 14.4. The monoisotopic (exact) mass is 278 g/mol. The first-order chi connectivity index (χ1) is 9.68. The number of nitrogens with zero attached hydrogens (tertiary/aromatic N) is 3. The van der Waals surface area contributed by atoms with Gasteiger partial charge in [0.05, 0.1) is 0 Å². The number of rotatable bonds is 6. The highest BCUT2D eigenvalue weighted by molar-refractivity contribution is 5.92. The molecule has 1 aromatic heterocycles. The minimum absolute atomic E-state index is 0.123. The molecule has 0 amide bonds. The van der Waals surface area contributed by atoms with Crippen LogP contribution in [0.5, 0.6) is 0 Å². The van der Waals surface area contributed by atoms with E-state index in [1.807, 2.05) is 0 Å². The number of hydrogen-bond donors (Lipinski definition) is 2. The van der Waals surface area contributed by atoms with Gasteiger partial charge >= 0.3 is 5.97 Å². The molecule has 2 N–H and O–H groups in total. The maximum Gasteiger partial charge on any atom is 0.341 e. The van der Waals surface area contributed by atoms with Crippen molar-refractivity contribution in [3.8, 4) is 0 Å². The number of piperidine rings is 1. The van der Waals surface area contributed by atoms with Crippen LogP contribution >= 0.6 is 0 Å². The van der Waals surface area contributed by atoms with Gasteiger partial charge < -0.3 is 15.3 Å². The molecule has 0 aliphatic carbocycles. The van der Waals surface area contributed by atoms with E-state index in [0.29, 0.717) is 11.9 Å². The summed E-state index contributed by atoms with van der Waals surface area (Å²) in [6.45, 7) is 5.30. The van der Waals surface area contributed by atoms with Gasteiger partial charge in [0.2, 0.25) is 0 Å². The molecule has 1 aliphatic rings. The summed E-state index contributed by atoms with van der Waals surface area (Å²) >= 11 is 0. The number of anilines is 1. The fourth-order valence-electron chi connectivity index (χ4n) is 2.57. The third kappa shape index (κ3) is 3.90. The van der Waals surface area contributed by atoms with E-state index in [-0.39, 0.29) is 5.56 Å². The minimum Gasteiger partial charge on any atom is -0.477 e. The molecule has 1 saturated heterocycles. The van der Waals surface area contributed by atoms with E-state index in [0.717, 1.165) is 13.0 Å². The molecule has 1 aliphatic heterocycles. The summed E-state index contributed by atoms with van der Waals surface area (Å²) in [6.07, 6.45) is 7.57. The van der Waals surface area contributed by atoms with E-state index in [1.165, 1.54) is 44.9 Å². The highest BCUT2D eigenvalue weighted by Gasteiger charge is 2.17. The summed E-state index contributed by atoms with van der Waals surface area (Å²) in [7, 11) is 0. The van der Waals surface area contributed by atoms with Crippen LogP contribution in [0.25, 0.3) is 0 Å². The van der Waals surface area contributed by atoms with Gasteiger partial charge in [0.15, 0.2) is 0 Å². The lowest BCUT2D eigenvalue weighted by molar-refractivity contribution is 0.0697. The normalized spacial score (nSPS) is 17.6. The van der Waals surface area contributed by atoms with E-state index < -0.39 is 5.97 Å². The van der Waals surface area contributed by atoms with Crippen LogP contribution in [0.15, 0.2) is 12.5 Å². The Balaban J connectivity index is 1.82. The van der Waals surface area contributed by atoms with Crippen molar-refractivity contribution in [1.29, 1.82) is 0 Å². The number of aromatic nitrogens is 2. The maximum absolute atomic E-state index is 11.0. The van der Waals surface area contributed by atoms with Crippen molar-refractivity contribution in [1.82, 2.24) is 14.9 Å². The molecule has 6 heteroatoms. The Morgan fingerprint density at radius 2 is 2.20 bits per heavy atom. The lowest BCUT2D eigenvalue weighted by Crippen LogP contribution is -2.38. The fourth-order valence-corrected chi connectivity index (χ4v) is 2.57. The van der Waals surface area contributed by atoms with Crippen molar-refractivity contribution < 1.29 is 9.90 Å². The predicted octanol–water partition coefficient (Wildman–Crippen LogP) is 1.85. The second kappa shape index (κ2) is 7.19. The zero-order valence-corrected chi connectivity index (χ0v) is 11.9. The molecule has 0 saturated carbocycles. The molecule has 0 bridgehead atoms. The van der Waals surface area contributed by atoms with Gasteiger partial charge in [-0.05, 0) is 39.3 Å². The SMILES string of the molecule is CC(CCNc1ncncc1C(=O)O)N1CCCCC1. The third-order valence-electron chi connectivity index (χ3n) is 3.81. The average Bonchev–Trinajstić information content (AvgIpc) is 2.48. The second-order valence-electron chi connectivity index (χ2n) is 5.25. The van der Waals surface area contributed by atoms with Crippen LogP contribution in [0.4, 0.5) is 5.82 Å². The second-order valence-corrected chi connectivity index (χ2v) is 5.25. The van der Waals surface area contributed by atoms with E-state index in [9.17, 15) is 4.79 Å². The van der Waals surface area contributed by atoms with Crippen molar-refractivity contribution in [3.05, 3.63) is 18.1 Å². The first-order valence-electron chi connectivity index (χ1n) is 7.19. The summed E-state index contributed by atoms with van der Waals surface area (Å²) < 4.78 is 0. The van der Waals surface area contributed by atoms with Gasteiger partial charge in [-0.1, -0.05) is 6.42 Å². The van der Waals surface area contributed by atoms with Crippen LogP contribution < -0.4 is 5.32 Å². The Hall–Kier alpha value is -1.69. The van der Waals surface area contributed by atoms with Crippen LogP contribution in [-0.2, 0) is 0 Å². The Morgan fingerprint density at radius 3 is 2.90 bits per heavy atom. The summed E-state index contributed by atoms with van der Waals surface area (Å²) in [5.74, 6) is -0.601. The Bertz CT molecular complexity index is 447. The van der Waals surface area contributed by atoms with Gasteiger partial charge in [-0.15, -0.1) is 0 Å². The fraction of sp³-hybridized carbons (Fsp3) is 0.643. The van der Waals surface area contributed by atoms with Crippen molar-refractivity contribution in [2.75, 3.05) is 25.0 Å². The largest absolute Gasteiger partial charge is 0.477 e. The van der Waals surface area contributed by atoms with Crippen LogP contribution in [-0.4, -0.2) is 51.6 Å². The first kappa shape index (κ1) is 14.7. The number of likely N-dealkylation sites (tertiary alicyclic amines) is 1. The quantitative estimate of drug-likeness (QED) is 0.827. The molecule has 0 aromatic carbocycles. The molecular weight excluding hydrogens is 256 g/mol. The molecule has 110 valence electrons. The van der Waals surface area contributed by atoms with E-state index in [4.69, 9.17) is 5.11 Å². The highest BCUT2D eigenvalue weighted by atomic mass is 16.4. The van der Waals surface area contributed by atoms with Gasteiger partial charge in [-0.2, -0.15) is 0 Å². The molecule has 0 spiro atoms. The number of aromatic carboxylic acids is 1. The Kier molecular flexibility index (Phi) is 5.29. The lowest BCUT2D eigenvalue weighted by Gasteiger charge is -2.32. The molecular formula is C14H22N4O2. The maximum atomic E-state index is 11.0. The molecule has 2 heterocycles. The Labute approximate surface area is 119 Å². The molecule has 1 atom stereocenters. The average molecular weight is 278 g/mol. The van der Waals surface area contributed by atoms with E-state index in [2.05, 4.69) is 27.1 Å². The predicted molar refractivity (Wildman–Crippen MR) is 77.0 cm³/mol. The molecule has 1 unspecified atom stereocenters. The zero-order valence-electron chi connectivity index (χ0n) is 11.9.